The number of hydrogen-bond acceptors (Lipinski definition) is 2. The van der Waals surface area contributed by atoms with Crippen molar-refractivity contribution >= 4 is 7.12 Å². The molecule has 1 aromatic carbocycles. The second-order valence-electron chi connectivity index (χ2n) is 7.95. The molecule has 1 saturated heterocycles. The predicted octanol–water partition coefficient (Wildman–Crippen LogP) is 4.54. The zero-order valence-corrected chi connectivity index (χ0v) is 14.1. The van der Waals surface area contributed by atoms with Crippen LogP contribution in [0.25, 0.3) is 0 Å². The van der Waals surface area contributed by atoms with Gasteiger partial charge in [-0.1, -0.05) is 38.1 Å². The molecule has 0 unspecified atom stereocenters. The van der Waals surface area contributed by atoms with Crippen LogP contribution in [0.2, 0.25) is 0 Å². The lowest BCUT2D eigenvalue weighted by Crippen LogP contribution is -2.41. The molecule has 0 bridgehead atoms. The van der Waals surface area contributed by atoms with Crippen LogP contribution in [0, 0.1) is 5.92 Å². The van der Waals surface area contributed by atoms with Crippen LogP contribution in [0.3, 0.4) is 0 Å². The van der Waals surface area contributed by atoms with E-state index in [0.29, 0.717) is 17.7 Å². The summed E-state index contributed by atoms with van der Waals surface area (Å²) >= 11 is 0. The quantitative estimate of drug-likeness (QED) is 0.743. The van der Waals surface area contributed by atoms with E-state index < -0.39 is 0 Å². The van der Waals surface area contributed by atoms with E-state index in [-0.39, 0.29) is 18.3 Å². The van der Waals surface area contributed by atoms with Crippen LogP contribution < -0.4 is 0 Å². The number of hydrogen-bond donors (Lipinski definition) is 0. The second-order valence-corrected chi connectivity index (χ2v) is 7.95. The minimum atomic E-state index is -0.247. The minimum Gasteiger partial charge on any atom is -0.403 e. The Labute approximate surface area is 129 Å². The van der Waals surface area contributed by atoms with Crippen LogP contribution in [-0.2, 0) is 9.31 Å². The van der Waals surface area contributed by atoms with Crippen molar-refractivity contribution in [2.75, 3.05) is 0 Å². The Bertz CT molecular complexity index is 520. The highest BCUT2D eigenvalue weighted by Gasteiger charge is 2.55. The Balaban J connectivity index is 1.92. The first kappa shape index (κ1) is 15.1. The first-order chi connectivity index (χ1) is 9.73. The van der Waals surface area contributed by atoms with Crippen molar-refractivity contribution < 1.29 is 9.31 Å². The normalized spacial score (nSPS) is 30.0. The fourth-order valence-electron chi connectivity index (χ4n) is 3.66. The van der Waals surface area contributed by atoms with Gasteiger partial charge in [-0.3, -0.25) is 0 Å². The molecule has 0 amide bonds. The fourth-order valence-corrected chi connectivity index (χ4v) is 3.66. The van der Waals surface area contributed by atoms with E-state index in [1.54, 1.807) is 0 Å². The molecule has 2 atom stereocenters. The Kier molecular flexibility index (Phi) is 3.49. The molecule has 0 radical (unpaired) electrons. The highest BCUT2D eigenvalue weighted by atomic mass is 16.7. The molecule has 3 rings (SSSR count). The lowest BCUT2D eigenvalue weighted by molar-refractivity contribution is 0.00578. The number of rotatable bonds is 2. The van der Waals surface area contributed by atoms with Crippen LogP contribution in [0.4, 0.5) is 0 Å². The molecular weight excluding hydrogens is 259 g/mol. The molecule has 0 aromatic heterocycles. The van der Waals surface area contributed by atoms with Gasteiger partial charge >= 0.3 is 7.12 Å². The minimum absolute atomic E-state index is 0.125. The van der Waals surface area contributed by atoms with Gasteiger partial charge in [0.15, 0.2) is 0 Å². The maximum absolute atomic E-state index is 6.31. The summed E-state index contributed by atoms with van der Waals surface area (Å²) in [6, 6.07) is 8.83. The Morgan fingerprint density at radius 2 is 1.52 bits per heavy atom. The van der Waals surface area contributed by atoms with E-state index in [4.69, 9.17) is 9.31 Å². The van der Waals surface area contributed by atoms with Crippen molar-refractivity contribution in [1.82, 2.24) is 0 Å². The second kappa shape index (κ2) is 4.86. The molecule has 0 saturated carbocycles. The molecule has 114 valence electrons. The van der Waals surface area contributed by atoms with Crippen LogP contribution in [-0.4, -0.2) is 18.3 Å². The topological polar surface area (TPSA) is 18.5 Å². The molecule has 1 aliphatic carbocycles. The highest BCUT2D eigenvalue weighted by molar-refractivity contribution is 6.47. The zero-order chi connectivity index (χ0) is 15.4. The van der Waals surface area contributed by atoms with Gasteiger partial charge in [-0.2, -0.15) is 0 Å². The summed E-state index contributed by atoms with van der Waals surface area (Å²) in [5.41, 5.74) is 2.42. The third kappa shape index (κ3) is 2.35. The van der Waals surface area contributed by atoms with Gasteiger partial charge < -0.3 is 9.31 Å². The van der Waals surface area contributed by atoms with Gasteiger partial charge in [0.25, 0.3) is 0 Å². The molecule has 0 spiro atoms. The van der Waals surface area contributed by atoms with Crippen molar-refractivity contribution in [3.63, 3.8) is 0 Å². The number of fused-ring (bicyclic) bond motifs is 1. The van der Waals surface area contributed by atoms with Gasteiger partial charge in [-0.15, -0.1) is 0 Å². The van der Waals surface area contributed by atoms with Gasteiger partial charge in [-0.25, -0.2) is 0 Å². The zero-order valence-electron chi connectivity index (χ0n) is 14.1. The Morgan fingerprint density at radius 1 is 1.00 bits per heavy atom. The van der Waals surface area contributed by atoms with Crippen molar-refractivity contribution in [2.24, 2.45) is 5.92 Å². The van der Waals surface area contributed by atoms with E-state index in [9.17, 15) is 0 Å². The molecular formula is C18H27BO2. The van der Waals surface area contributed by atoms with Crippen LogP contribution in [0.15, 0.2) is 24.3 Å². The number of benzene rings is 1. The van der Waals surface area contributed by atoms with Gasteiger partial charge in [0.05, 0.1) is 11.2 Å². The molecule has 1 heterocycles. The maximum atomic E-state index is 6.31. The third-order valence-electron chi connectivity index (χ3n) is 5.71. The predicted molar refractivity (Wildman–Crippen MR) is 87.5 cm³/mol. The van der Waals surface area contributed by atoms with Crippen molar-refractivity contribution in [3.05, 3.63) is 35.4 Å². The fraction of sp³-hybridized carbons (Fsp3) is 0.667. The van der Waals surface area contributed by atoms with E-state index in [1.165, 1.54) is 11.1 Å². The van der Waals surface area contributed by atoms with Gasteiger partial charge in [0.2, 0.25) is 0 Å². The average Bonchev–Trinajstić information content (AvgIpc) is 2.85. The molecule has 1 fully saturated rings. The van der Waals surface area contributed by atoms with Crippen LogP contribution in [0.5, 0.6) is 0 Å². The molecule has 1 aromatic rings. The third-order valence-corrected chi connectivity index (χ3v) is 5.71. The van der Waals surface area contributed by atoms with Crippen molar-refractivity contribution in [1.29, 1.82) is 0 Å². The molecule has 2 aliphatic rings. The Hall–Kier alpha value is -0.795. The lowest BCUT2D eigenvalue weighted by Gasteiger charge is -2.32. The molecule has 21 heavy (non-hydrogen) atoms. The summed E-state index contributed by atoms with van der Waals surface area (Å²) in [6.07, 6.45) is 1.13. The highest BCUT2D eigenvalue weighted by Crippen LogP contribution is 2.50. The van der Waals surface area contributed by atoms with Crippen molar-refractivity contribution in [2.45, 2.75) is 70.9 Å². The summed E-state index contributed by atoms with van der Waals surface area (Å²) in [4.78, 5) is 0. The van der Waals surface area contributed by atoms with Crippen LogP contribution in [0.1, 0.15) is 70.8 Å². The standard InChI is InChI=1S/C18H27BO2/c1-12(2)15-11-16(14-10-8-7-9-13(14)15)19-20-17(3,4)18(5,6)21-19/h7-10,12,15-16H,11H2,1-6H3/t15-,16+/m1/s1. The van der Waals surface area contributed by atoms with E-state index in [0.717, 1.165) is 6.42 Å². The largest absolute Gasteiger partial charge is 0.465 e. The molecule has 3 heteroatoms. The van der Waals surface area contributed by atoms with E-state index in [1.807, 2.05) is 0 Å². The van der Waals surface area contributed by atoms with Crippen molar-refractivity contribution in [3.8, 4) is 0 Å². The van der Waals surface area contributed by atoms with Crippen LogP contribution >= 0.6 is 0 Å². The first-order valence-corrected chi connectivity index (χ1v) is 8.17. The summed E-state index contributed by atoms with van der Waals surface area (Å²) in [6.45, 7) is 13.2. The summed E-state index contributed by atoms with van der Waals surface area (Å²) in [5, 5.41) is 0. The maximum Gasteiger partial charge on any atom is 0.465 e. The average molecular weight is 286 g/mol. The van der Waals surface area contributed by atoms with E-state index in [2.05, 4.69) is 65.8 Å². The van der Waals surface area contributed by atoms with Gasteiger partial charge in [0, 0.05) is 5.82 Å². The van der Waals surface area contributed by atoms with Gasteiger partial charge in [-0.05, 0) is 57.1 Å². The first-order valence-electron chi connectivity index (χ1n) is 8.17. The summed E-state index contributed by atoms with van der Waals surface area (Å²) < 4.78 is 12.6. The van der Waals surface area contributed by atoms with Gasteiger partial charge in [0.1, 0.15) is 0 Å². The molecule has 0 N–H and O–H groups in total. The lowest BCUT2D eigenvalue weighted by atomic mass is 9.68. The Morgan fingerprint density at radius 3 is 2.05 bits per heavy atom. The van der Waals surface area contributed by atoms with E-state index >= 15 is 0 Å². The monoisotopic (exact) mass is 286 g/mol. The summed E-state index contributed by atoms with van der Waals surface area (Å²) in [7, 11) is -0.125. The molecule has 2 nitrogen and oxygen atoms in total. The summed E-state index contributed by atoms with van der Waals surface area (Å²) in [5.74, 6) is 1.62. The smallest absolute Gasteiger partial charge is 0.403 e. The SMILES string of the molecule is CC(C)[C@H]1C[C@H](B2OC(C)(C)C(C)(C)O2)c2ccccc21. The molecule has 1 aliphatic heterocycles.